The quantitative estimate of drug-likeness (QED) is 0.430. The van der Waals surface area contributed by atoms with Gasteiger partial charge in [-0.25, -0.2) is 0 Å². The zero-order valence-corrected chi connectivity index (χ0v) is 13.4. The predicted molar refractivity (Wildman–Crippen MR) is 76.8 cm³/mol. The molecular weight excluding hydrogens is 312 g/mol. The van der Waals surface area contributed by atoms with Gasteiger partial charge in [-0.1, -0.05) is 0 Å². The highest BCUT2D eigenvalue weighted by molar-refractivity contribution is 5.75. The van der Waals surface area contributed by atoms with Gasteiger partial charge in [0.05, 0.1) is 40.4 Å². The molecule has 0 unspecified atom stereocenters. The van der Waals surface area contributed by atoms with Gasteiger partial charge >= 0.3 is 23.9 Å². The number of esters is 2. The van der Waals surface area contributed by atoms with Gasteiger partial charge in [0.1, 0.15) is 0 Å². The number of hydrogen-bond donors (Lipinski definition) is 2. The minimum absolute atomic E-state index is 0.0881. The van der Waals surface area contributed by atoms with Gasteiger partial charge in [0.2, 0.25) is 0 Å². The molecule has 0 aliphatic heterocycles. The second-order valence-corrected chi connectivity index (χ2v) is 4.86. The smallest absolute Gasteiger partial charge is 0.319 e. The van der Waals surface area contributed by atoms with E-state index in [0.717, 1.165) is 0 Å². The molecule has 0 aliphatic carbocycles. The number of aliphatic carboxylic acids is 2. The van der Waals surface area contributed by atoms with Crippen LogP contribution in [0.4, 0.5) is 0 Å². The average molecular weight is 334 g/mol. The van der Waals surface area contributed by atoms with Gasteiger partial charge in [0.15, 0.2) is 0 Å². The molecule has 0 bridgehead atoms. The van der Waals surface area contributed by atoms with E-state index in [1.54, 1.807) is 6.92 Å². The summed E-state index contributed by atoms with van der Waals surface area (Å²) >= 11 is 0. The van der Waals surface area contributed by atoms with Crippen LogP contribution in [-0.2, 0) is 28.7 Å². The number of nitrogens with zero attached hydrogens (tertiary/aromatic N) is 2. The van der Waals surface area contributed by atoms with Crippen LogP contribution in [0, 0.1) is 0 Å². The normalized spacial score (nSPS) is 12.0. The first-order chi connectivity index (χ1) is 10.7. The van der Waals surface area contributed by atoms with Crippen LogP contribution >= 0.6 is 0 Å². The summed E-state index contributed by atoms with van der Waals surface area (Å²) in [5.41, 5.74) is 0. The second kappa shape index (κ2) is 10.5. The van der Waals surface area contributed by atoms with Crippen LogP contribution in [0.1, 0.15) is 6.92 Å². The number of carbonyl (C=O) groups excluding carboxylic acids is 2. The van der Waals surface area contributed by atoms with E-state index in [-0.39, 0.29) is 19.6 Å². The van der Waals surface area contributed by atoms with Crippen LogP contribution in [0.3, 0.4) is 0 Å². The van der Waals surface area contributed by atoms with Crippen molar-refractivity contribution in [2.24, 2.45) is 0 Å². The van der Waals surface area contributed by atoms with Crippen molar-refractivity contribution in [2.45, 2.75) is 13.0 Å². The van der Waals surface area contributed by atoms with Crippen LogP contribution in [-0.4, -0.2) is 96.9 Å². The molecule has 0 rings (SSSR count). The van der Waals surface area contributed by atoms with Crippen molar-refractivity contribution in [1.82, 2.24) is 9.80 Å². The Kier molecular flexibility index (Phi) is 9.51. The number of carbonyl (C=O) groups is 4. The first kappa shape index (κ1) is 20.8. The first-order valence-electron chi connectivity index (χ1n) is 6.73. The Morgan fingerprint density at radius 1 is 0.870 bits per heavy atom. The number of hydrogen-bond acceptors (Lipinski definition) is 8. The van der Waals surface area contributed by atoms with Crippen LogP contribution in [0.15, 0.2) is 0 Å². The maximum Gasteiger partial charge on any atom is 0.319 e. The van der Waals surface area contributed by atoms with Crippen molar-refractivity contribution < 1.29 is 38.9 Å². The van der Waals surface area contributed by atoms with Crippen molar-refractivity contribution >= 4 is 23.9 Å². The van der Waals surface area contributed by atoms with Crippen molar-refractivity contribution in [3.8, 4) is 0 Å². The topological polar surface area (TPSA) is 134 Å². The minimum atomic E-state index is -1.18. The number of ether oxygens (including phenoxy) is 2. The largest absolute Gasteiger partial charge is 0.480 e. The molecule has 0 aromatic rings. The molecule has 0 aromatic heterocycles. The Balaban J connectivity index is 4.94. The fourth-order valence-electron chi connectivity index (χ4n) is 1.88. The zero-order valence-electron chi connectivity index (χ0n) is 13.4. The molecule has 0 saturated heterocycles. The van der Waals surface area contributed by atoms with E-state index in [4.69, 9.17) is 10.2 Å². The van der Waals surface area contributed by atoms with Crippen LogP contribution in [0.2, 0.25) is 0 Å². The van der Waals surface area contributed by atoms with Gasteiger partial charge in [-0.3, -0.25) is 29.0 Å². The van der Waals surface area contributed by atoms with Gasteiger partial charge in [-0.15, -0.1) is 0 Å². The molecule has 10 heteroatoms. The Morgan fingerprint density at radius 2 is 1.26 bits per heavy atom. The molecule has 0 aliphatic rings. The van der Waals surface area contributed by atoms with E-state index in [0.29, 0.717) is 0 Å². The molecule has 0 radical (unpaired) electrons. The van der Waals surface area contributed by atoms with Crippen molar-refractivity contribution in [3.05, 3.63) is 0 Å². The summed E-state index contributed by atoms with van der Waals surface area (Å²) in [5.74, 6) is -3.51. The summed E-state index contributed by atoms with van der Waals surface area (Å²) in [6.07, 6.45) is 0. The number of carboxylic acids is 2. The van der Waals surface area contributed by atoms with Gasteiger partial charge < -0.3 is 19.7 Å². The summed E-state index contributed by atoms with van der Waals surface area (Å²) in [7, 11) is 2.40. The Labute approximate surface area is 133 Å². The van der Waals surface area contributed by atoms with Gasteiger partial charge in [0.25, 0.3) is 0 Å². The summed E-state index contributed by atoms with van der Waals surface area (Å²) < 4.78 is 9.07. The van der Waals surface area contributed by atoms with Gasteiger partial charge in [-0.05, 0) is 6.92 Å². The van der Waals surface area contributed by atoms with Gasteiger partial charge in [0, 0.05) is 12.6 Å². The highest BCUT2D eigenvalue weighted by atomic mass is 16.5. The molecule has 23 heavy (non-hydrogen) atoms. The van der Waals surface area contributed by atoms with Crippen LogP contribution < -0.4 is 0 Å². The van der Waals surface area contributed by atoms with E-state index < -0.39 is 43.0 Å². The first-order valence-corrected chi connectivity index (χ1v) is 6.73. The second-order valence-electron chi connectivity index (χ2n) is 4.86. The summed E-state index contributed by atoms with van der Waals surface area (Å²) in [5, 5.41) is 17.7. The molecule has 0 spiro atoms. The summed E-state index contributed by atoms with van der Waals surface area (Å²) in [4.78, 5) is 47.0. The molecule has 10 nitrogen and oxygen atoms in total. The van der Waals surface area contributed by atoms with Gasteiger partial charge in [-0.2, -0.15) is 0 Å². The molecule has 0 aromatic carbocycles. The predicted octanol–water partition coefficient (Wildman–Crippen LogP) is -1.51. The minimum Gasteiger partial charge on any atom is -0.480 e. The number of methoxy groups -OCH3 is 2. The maximum absolute atomic E-state index is 11.4. The molecule has 2 N–H and O–H groups in total. The van der Waals surface area contributed by atoms with E-state index in [1.165, 1.54) is 24.0 Å². The van der Waals surface area contributed by atoms with E-state index >= 15 is 0 Å². The van der Waals surface area contributed by atoms with Crippen molar-refractivity contribution in [1.29, 1.82) is 0 Å². The van der Waals surface area contributed by atoms with E-state index in [9.17, 15) is 19.2 Å². The zero-order chi connectivity index (χ0) is 18.0. The summed E-state index contributed by atoms with van der Waals surface area (Å²) in [6, 6.07) is -0.531. The highest BCUT2D eigenvalue weighted by Gasteiger charge is 2.24. The molecule has 0 fully saturated rings. The fourth-order valence-corrected chi connectivity index (χ4v) is 1.88. The SMILES string of the molecule is COC(=O)CN(CC(=O)OC)C[C@H](C)N(CC(=O)O)CC(=O)O. The standard InChI is InChI=1S/C13H22N2O8/c1-9(15(5-10(16)17)6-11(18)19)4-14(7-12(20)22-2)8-13(21)23-3/h9H,4-8H2,1-3H3,(H,16,17)(H,18,19)/t9-/m0/s1. The molecule has 0 heterocycles. The number of carboxylic acid groups (broad SMARTS) is 2. The lowest BCUT2D eigenvalue weighted by Gasteiger charge is -2.30. The third-order valence-electron chi connectivity index (χ3n) is 2.98. The van der Waals surface area contributed by atoms with E-state index in [2.05, 4.69) is 9.47 Å². The third-order valence-corrected chi connectivity index (χ3v) is 2.98. The molecule has 0 saturated carbocycles. The lowest BCUT2D eigenvalue weighted by molar-refractivity contribution is -0.148. The monoisotopic (exact) mass is 334 g/mol. The lowest BCUT2D eigenvalue weighted by Crippen LogP contribution is -2.48. The lowest BCUT2D eigenvalue weighted by atomic mass is 10.2. The Hall–Kier alpha value is -2.20. The third kappa shape index (κ3) is 9.42. The Morgan fingerprint density at radius 3 is 1.57 bits per heavy atom. The van der Waals surface area contributed by atoms with E-state index in [1.807, 2.05) is 0 Å². The molecule has 0 amide bonds. The van der Waals surface area contributed by atoms with Crippen molar-refractivity contribution in [3.63, 3.8) is 0 Å². The molecular formula is C13H22N2O8. The Bertz CT molecular complexity index is 406. The summed E-state index contributed by atoms with van der Waals surface area (Å²) in [6.45, 7) is 0.335. The number of rotatable bonds is 11. The van der Waals surface area contributed by atoms with Crippen LogP contribution in [0.5, 0.6) is 0 Å². The molecule has 132 valence electrons. The van der Waals surface area contributed by atoms with Crippen LogP contribution in [0.25, 0.3) is 0 Å². The molecule has 1 atom stereocenters. The van der Waals surface area contributed by atoms with Crippen molar-refractivity contribution in [2.75, 3.05) is 46.9 Å². The maximum atomic E-state index is 11.4. The fraction of sp³-hybridized carbons (Fsp3) is 0.692. The highest BCUT2D eigenvalue weighted by Crippen LogP contribution is 2.03. The average Bonchev–Trinajstić information content (AvgIpc) is 2.44.